The lowest BCUT2D eigenvalue weighted by Gasteiger charge is -2.36. The van der Waals surface area contributed by atoms with E-state index in [1.165, 1.54) is 6.07 Å². The van der Waals surface area contributed by atoms with Crippen LogP contribution in [0.25, 0.3) is 0 Å². The third kappa shape index (κ3) is 3.69. The Morgan fingerprint density at radius 3 is 2.48 bits per heavy atom. The molecule has 0 atom stereocenters. The largest absolute Gasteiger partial charge is 0.367 e. The molecule has 2 aromatic carbocycles. The van der Waals surface area contributed by atoms with Crippen molar-refractivity contribution >= 4 is 17.4 Å². The molecule has 7 heteroatoms. The summed E-state index contributed by atoms with van der Waals surface area (Å²) in [6, 6.07) is 12.1. The van der Waals surface area contributed by atoms with E-state index in [1.807, 2.05) is 23.1 Å². The number of rotatable bonds is 2. The van der Waals surface area contributed by atoms with Crippen LogP contribution in [0.1, 0.15) is 5.56 Å². The monoisotopic (exact) mass is 342 g/mol. The number of amides is 2. The standard InChI is InChI=1S/C18H16F2N4O/c19-14-5-6-16(15(20)11-14)22-18(25)24-9-7-23(8-10-24)17-4-2-1-3-13(17)12-21/h1-6,11H,7-10H2,(H,22,25). The molecule has 0 bridgehead atoms. The molecule has 2 aromatic rings. The van der Waals surface area contributed by atoms with Gasteiger partial charge < -0.3 is 15.1 Å². The highest BCUT2D eigenvalue weighted by atomic mass is 19.1. The van der Waals surface area contributed by atoms with Crippen molar-refractivity contribution in [3.05, 3.63) is 59.7 Å². The van der Waals surface area contributed by atoms with Gasteiger partial charge in [-0.2, -0.15) is 5.26 Å². The number of nitrogens with zero attached hydrogens (tertiary/aromatic N) is 3. The van der Waals surface area contributed by atoms with E-state index in [9.17, 15) is 18.8 Å². The maximum absolute atomic E-state index is 13.6. The minimum absolute atomic E-state index is 0.0522. The Morgan fingerprint density at radius 1 is 1.08 bits per heavy atom. The van der Waals surface area contributed by atoms with Crippen LogP contribution in [0.5, 0.6) is 0 Å². The Morgan fingerprint density at radius 2 is 1.80 bits per heavy atom. The molecule has 1 aliphatic rings. The number of nitrogens with one attached hydrogen (secondary N) is 1. The van der Waals surface area contributed by atoms with Gasteiger partial charge in [0.2, 0.25) is 0 Å². The number of nitriles is 1. The molecule has 0 aromatic heterocycles. The average Bonchev–Trinajstić information content (AvgIpc) is 2.64. The van der Waals surface area contributed by atoms with Crippen molar-refractivity contribution < 1.29 is 13.6 Å². The molecule has 5 nitrogen and oxygen atoms in total. The molecule has 1 saturated heterocycles. The van der Waals surface area contributed by atoms with Gasteiger partial charge in [0.1, 0.15) is 17.7 Å². The first kappa shape index (κ1) is 16.7. The van der Waals surface area contributed by atoms with Crippen molar-refractivity contribution in [1.29, 1.82) is 5.26 Å². The van der Waals surface area contributed by atoms with E-state index in [0.29, 0.717) is 31.7 Å². The molecule has 1 aliphatic heterocycles. The van der Waals surface area contributed by atoms with Gasteiger partial charge in [-0.25, -0.2) is 13.6 Å². The van der Waals surface area contributed by atoms with E-state index in [0.717, 1.165) is 17.8 Å². The van der Waals surface area contributed by atoms with Gasteiger partial charge in [-0.15, -0.1) is 0 Å². The Kier molecular flexibility index (Phi) is 4.80. The lowest BCUT2D eigenvalue weighted by Crippen LogP contribution is -2.50. The van der Waals surface area contributed by atoms with Gasteiger partial charge >= 0.3 is 6.03 Å². The number of piperazine rings is 1. The number of hydrogen-bond donors (Lipinski definition) is 1. The summed E-state index contributed by atoms with van der Waals surface area (Å²) >= 11 is 0. The summed E-state index contributed by atoms with van der Waals surface area (Å²) in [4.78, 5) is 15.9. The zero-order valence-electron chi connectivity index (χ0n) is 13.4. The molecular weight excluding hydrogens is 326 g/mol. The second kappa shape index (κ2) is 7.18. The number of anilines is 2. The predicted octanol–water partition coefficient (Wildman–Crippen LogP) is 3.19. The highest BCUT2D eigenvalue weighted by Gasteiger charge is 2.23. The van der Waals surface area contributed by atoms with Crippen molar-refractivity contribution in [2.75, 3.05) is 36.4 Å². The molecule has 0 aliphatic carbocycles. The van der Waals surface area contributed by atoms with Gasteiger partial charge in [0.05, 0.1) is 16.9 Å². The fraction of sp³-hybridized carbons (Fsp3) is 0.222. The number of halogens is 2. The Bertz CT molecular complexity index is 826. The number of benzene rings is 2. The van der Waals surface area contributed by atoms with Gasteiger partial charge in [0, 0.05) is 32.2 Å². The van der Waals surface area contributed by atoms with Crippen LogP contribution >= 0.6 is 0 Å². The molecule has 128 valence electrons. The van der Waals surface area contributed by atoms with Crippen molar-refractivity contribution in [2.45, 2.75) is 0 Å². The summed E-state index contributed by atoms with van der Waals surface area (Å²) in [6.45, 7) is 2.01. The first-order chi connectivity index (χ1) is 12.1. The molecule has 0 unspecified atom stereocenters. The minimum atomic E-state index is -0.810. The van der Waals surface area contributed by atoms with Crippen LogP contribution in [-0.2, 0) is 0 Å². The summed E-state index contributed by atoms with van der Waals surface area (Å²) in [5.41, 5.74) is 1.38. The molecular formula is C18H16F2N4O. The van der Waals surface area contributed by atoms with Gasteiger partial charge in [-0.1, -0.05) is 12.1 Å². The molecule has 0 radical (unpaired) electrons. The Balaban J connectivity index is 1.62. The highest BCUT2D eigenvalue weighted by Crippen LogP contribution is 2.21. The smallest absolute Gasteiger partial charge is 0.322 e. The van der Waals surface area contributed by atoms with E-state index in [4.69, 9.17) is 0 Å². The van der Waals surface area contributed by atoms with Crippen LogP contribution in [0.15, 0.2) is 42.5 Å². The molecule has 1 N–H and O–H groups in total. The van der Waals surface area contributed by atoms with Crippen molar-refractivity contribution in [3.8, 4) is 6.07 Å². The zero-order valence-corrected chi connectivity index (χ0v) is 13.4. The van der Waals surface area contributed by atoms with Crippen LogP contribution in [0, 0.1) is 23.0 Å². The van der Waals surface area contributed by atoms with Gasteiger partial charge in [0.25, 0.3) is 0 Å². The van der Waals surface area contributed by atoms with Gasteiger partial charge in [-0.3, -0.25) is 0 Å². The fourth-order valence-corrected chi connectivity index (χ4v) is 2.78. The molecule has 2 amide bonds. The summed E-state index contributed by atoms with van der Waals surface area (Å²) in [7, 11) is 0. The molecule has 0 saturated carbocycles. The van der Waals surface area contributed by atoms with E-state index < -0.39 is 17.7 Å². The molecule has 1 fully saturated rings. The zero-order chi connectivity index (χ0) is 17.8. The molecule has 25 heavy (non-hydrogen) atoms. The third-order valence-electron chi connectivity index (χ3n) is 4.10. The SMILES string of the molecule is N#Cc1ccccc1N1CCN(C(=O)Nc2ccc(F)cc2F)CC1. The Hall–Kier alpha value is -3.14. The number of carbonyl (C=O) groups is 1. The van der Waals surface area contributed by atoms with Crippen molar-refractivity contribution in [1.82, 2.24) is 4.90 Å². The number of urea groups is 1. The highest BCUT2D eigenvalue weighted by molar-refractivity contribution is 5.89. The number of hydrogen-bond acceptors (Lipinski definition) is 3. The van der Waals surface area contributed by atoms with E-state index in [-0.39, 0.29) is 5.69 Å². The molecule has 0 spiro atoms. The average molecular weight is 342 g/mol. The summed E-state index contributed by atoms with van der Waals surface area (Å²) in [6.07, 6.45) is 0. The minimum Gasteiger partial charge on any atom is -0.367 e. The van der Waals surface area contributed by atoms with Gasteiger partial charge in [-0.05, 0) is 24.3 Å². The first-order valence-corrected chi connectivity index (χ1v) is 7.83. The lowest BCUT2D eigenvalue weighted by atomic mass is 10.1. The van der Waals surface area contributed by atoms with E-state index >= 15 is 0 Å². The lowest BCUT2D eigenvalue weighted by molar-refractivity contribution is 0.208. The first-order valence-electron chi connectivity index (χ1n) is 7.83. The quantitative estimate of drug-likeness (QED) is 0.912. The van der Waals surface area contributed by atoms with Crippen molar-refractivity contribution in [3.63, 3.8) is 0 Å². The van der Waals surface area contributed by atoms with Gasteiger partial charge in [0.15, 0.2) is 0 Å². The second-order valence-corrected chi connectivity index (χ2v) is 5.66. The van der Waals surface area contributed by atoms with E-state index in [2.05, 4.69) is 11.4 Å². The fourth-order valence-electron chi connectivity index (χ4n) is 2.78. The maximum Gasteiger partial charge on any atom is 0.322 e. The Labute approximate surface area is 144 Å². The van der Waals surface area contributed by atoms with Crippen LogP contribution in [0.2, 0.25) is 0 Å². The number of carbonyl (C=O) groups excluding carboxylic acids is 1. The summed E-state index contributed by atoms with van der Waals surface area (Å²) in [5.74, 6) is -1.50. The normalized spacial score (nSPS) is 14.1. The summed E-state index contributed by atoms with van der Waals surface area (Å²) in [5, 5.41) is 11.6. The molecule has 3 rings (SSSR count). The van der Waals surface area contributed by atoms with Crippen LogP contribution in [0.3, 0.4) is 0 Å². The maximum atomic E-state index is 13.6. The topological polar surface area (TPSA) is 59.4 Å². The van der Waals surface area contributed by atoms with Crippen molar-refractivity contribution in [2.24, 2.45) is 0 Å². The summed E-state index contributed by atoms with van der Waals surface area (Å²) < 4.78 is 26.5. The van der Waals surface area contributed by atoms with E-state index in [1.54, 1.807) is 11.0 Å². The predicted molar refractivity (Wildman–Crippen MR) is 90.3 cm³/mol. The molecule has 1 heterocycles. The van der Waals surface area contributed by atoms with Crippen LogP contribution in [-0.4, -0.2) is 37.1 Å². The second-order valence-electron chi connectivity index (χ2n) is 5.66. The third-order valence-corrected chi connectivity index (χ3v) is 4.10. The van der Waals surface area contributed by atoms with Crippen LogP contribution in [0.4, 0.5) is 25.0 Å². The van der Waals surface area contributed by atoms with Crippen LogP contribution < -0.4 is 10.2 Å². The number of para-hydroxylation sites is 1.